The van der Waals surface area contributed by atoms with Crippen LogP contribution < -0.4 is 11.1 Å². The van der Waals surface area contributed by atoms with Crippen LogP contribution in [-0.4, -0.2) is 26.2 Å². The number of hydrogen-bond donors (Lipinski definition) is 3. The second-order valence-electron chi connectivity index (χ2n) is 5.97. The Hall–Kier alpha value is -3.45. The molecule has 0 atom stereocenters. The minimum Gasteiger partial charge on any atom is -0.351 e. The van der Waals surface area contributed by atoms with Crippen LogP contribution in [0.4, 0.5) is 16.3 Å². The number of amides is 2. The van der Waals surface area contributed by atoms with Crippen molar-refractivity contribution in [2.24, 2.45) is 5.73 Å². The smallest absolute Gasteiger partial charge is 0.317 e. The van der Waals surface area contributed by atoms with Crippen molar-refractivity contribution in [2.45, 2.75) is 0 Å². The largest absolute Gasteiger partial charge is 0.351 e. The van der Waals surface area contributed by atoms with Crippen molar-refractivity contribution in [1.82, 2.24) is 20.2 Å². The van der Waals surface area contributed by atoms with Gasteiger partial charge in [0, 0.05) is 26.7 Å². The summed E-state index contributed by atoms with van der Waals surface area (Å²) in [5.74, 6) is 0.776. The summed E-state index contributed by atoms with van der Waals surface area (Å²) in [6.07, 6.45) is 2.91. The molecule has 0 radical (unpaired) electrons. The van der Waals surface area contributed by atoms with Crippen molar-refractivity contribution >= 4 is 52.1 Å². The molecule has 0 fully saturated rings. The second-order valence-corrected chi connectivity index (χ2v) is 7.84. The van der Waals surface area contributed by atoms with Gasteiger partial charge in [0.05, 0.1) is 11.4 Å². The average Bonchev–Trinajstić information content (AvgIpc) is 3.35. The summed E-state index contributed by atoms with van der Waals surface area (Å²) in [5, 5.41) is 10.1. The lowest BCUT2D eigenvalue weighted by atomic mass is 10.0. The van der Waals surface area contributed by atoms with Gasteiger partial charge in [0.2, 0.25) is 5.69 Å². The zero-order valence-corrected chi connectivity index (χ0v) is 17.3. The molecule has 0 saturated heterocycles. The molecule has 1 aromatic carbocycles. The number of anilines is 1. The van der Waals surface area contributed by atoms with E-state index in [1.165, 1.54) is 23.9 Å². The van der Waals surface area contributed by atoms with Crippen LogP contribution in [0.15, 0.2) is 42.9 Å². The second kappa shape index (κ2) is 8.12. The SMILES string of the molecule is [C-]#[N+]c1c(-c2ccnc(NC(N)=O)c2)sc(-c2ncn[nH]2)c1-c1ccc(Cl)cc1Cl. The highest BCUT2D eigenvalue weighted by Crippen LogP contribution is 2.53. The van der Waals surface area contributed by atoms with Crippen LogP contribution in [-0.2, 0) is 0 Å². The molecular weight excluding hydrogens is 445 g/mol. The Morgan fingerprint density at radius 1 is 1.20 bits per heavy atom. The lowest BCUT2D eigenvalue weighted by Crippen LogP contribution is -2.19. The van der Waals surface area contributed by atoms with E-state index >= 15 is 0 Å². The minimum absolute atomic E-state index is 0.275. The van der Waals surface area contributed by atoms with Crippen molar-refractivity contribution in [3.05, 3.63) is 64.3 Å². The summed E-state index contributed by atoms with van der Waals surface area (Å²) in [4.78, 5) is 24.6. The number of H-pyrrole nitrogens is 1. The standard InChI is InChI=1S/C19H11Cl2N7OS/c1-23-15-14(11-3-2-10(20)7-12(11)21)17(18-25-8-26-28-18)30-16(15)9-4-5-24-13(6-9)27-19(22)29/h2-8H,(H,25,26,28)(H3,22,24,27,29). The maximum absolute atomic E-state index is 11.2. The summed E-state index contributed by atoms with van der Waals surface area (Å²) in [6.45, 7) is 7.85. The van der Waals surface area contributed by atoms with E-state index < -0.39 is 6.03 Å². The van der Waals surface area contributed by atoms with Gasteiger partial charge in [-0.3, -0.25) is 10.4 Å². The van der Waals surface area contributed by atoms with Crippen LogP contribution >= 0.6 is 34.5 Å². The van der Waals surface area contributed by atoms with E-state index in [4.69, 9.17) is 35.5 Å². The number of hydrogen-bond acceptors (Lipinski definition) is 5. The summed E-state index contributed by atoms with van der Waals surface area (Å²) >= 11 is 13.9. The first-order valence-electron chi connectivity index (χ1n) is 8.36. The minimum atomic E-state index is -0.729. The molecule has 3 aromatic heterocycles. The summed E-state index contributed by atoms with van der Waals surface area (Å²) in [5.41, 5.74) is 7.51. The van der Waals surface area contributed by atoms with E-state index in [-0.39, 0.29) is 5.82 Å². The Morgan fingerprint density at radius 2 is 2.03 bits per heavy atom. The predicted molar refractivity (Wildman–Crippen MR) is 118 cm³/mol. The number of nitrogens with two attached hydrogens (primary N) is 1. The quantitative estimate of drug-likeness (QED) is 0.346. The van der Waals surface area contributed by atoms with E-state index in [1.54, 1.807) is 30.3 Å². The van der Waals surface area contributed by atoms with E-state index in [0.717, 1.165) is 0 Å². The molecule has 0 aliphatic carbocycles. The fraction of sp³-hybridized carbons (Fsp3) is 0. The summed E-state index contributed by atoms with van der Waals surface area (Å²) in [6, 6.07) is 7.74. The number of thiophene rings is 1. The zero-order chi connectivity index (χ0) is 21.3. The topological polar surface area (TPSA) is 114 Å². The van der Waals surface area contributed by atoms with Gasteiger partial charge in [0.1, 0.15) is 12.1 Å². The van der Waals surface area contributed by atoms with Gasteiger partial charge in [-0.25, -0.2) is 19.6 Å². The zero-order valence-electron chi connectivity index (χ0n) is 15.0. The number of primary amides is 1. The molecule has 3 heterocycles. The van der Waals surface area contributed by atoms with E-state index in [1.807, 2.05) is 0 Å². The van der Waals surface area contributed by atoms with Crippen LogP contribution in [0, 0.1) is 6.57 Å². The first-order chi connectivity index (χ1) is 14.5. The molecular formula is C19H11Cl2N7OS. The Bertz CT molecular complexity index is 1290. The molecule has 11 heteroatoms. The summed E-state index contributed by atoms with van der Waals surface area (Å²) in [7, 11) is 0. The molecule has 4 aromatic rings. The molecule has 0 aliphatic heterocycles. The molecule has 148 valence electrons. The third-order valence-electron chi connectivity index (χ3n) is 4.10. The van der Waals surface area contributed by atoms with Gasteiger partial charge in [-0.15, -0.1) is 11.3 Å². The maximum atomic E-state index is 11.2. The van der Waals surface area contributed by atoms with Crippen LogP contribution in [0.5, 0.6) is 0 Å². The van der Waals surface area contributed by atoms with Gasteiger partial charge in [0.15, 0.2) is 5.82 Å². The highest BCUT2D eigenvalue weighted by Gasteiger charge is 2.25. The molecule has 0 spiro atoms. The lowest BCUT2D eigenvalue weighted by Gasteiger charge is -2.07. The summed E-state index contributed by atoms with van der Waals surface area (Å²) < 4.78 is 0. The highest BCUT2D eigenvalue weighted by molar-refractivity contribution is 7.20. The molecule has 8 nitrogen and oxygen atoms in total. The molecule has 0 unspecified atom stereocenters. The number of rotatable bonds is 4. The van der Waals surface area contributed by atoms with Crippen LogP contribution in [0.3, 0.4) is 0 Å². The number of pyridine rings is 1. The number of urea groups is 1. The van der Waals surface area contributed by atoms with E-state index in [0.29, 0.717) is 48.0 Å². The van der Waals surface area contributed by atoms with Crippen molar-refractivity contribution in [3.63, 3.8) is 0 Å². The number of nitrogens with one attached hydrogen (secondary N) is 2. The molecule has 2 amide bonds. The normalized spacial score (nSPS) is 10.6. The number of aromatic amines is 1. The van der Waals surface area contributed by atoms with Gasteiger partial charge in [0.25, 0.3) is 0 Å². The van der Waals surface area contributed by atoms with Gasteiger partial charge >= 0.3 is 6.03 Å². The number of nitrogens with zero attached hydrogens (tertiary/aromatic N) is 4. The molecule has 4 N–H and O–H groups in total. The van der Waals surface area contributed by atoms with Crippen molar-refractivity contribution in [3.8, 4) is 32.3 Å². The van der Waals surface area contributed by atoms with Crippen LogP contribution in [0.25, 0.3) is 37.1 Å². The van der Waals surface area contributed by atoms with Gasteiger partial charge in [-0.1, -0.05) is 29.3 Å². The number of carbonyl (C=O) groups excluding carboxylic acids is 1. The number of carbonyl (C=O) groups is 1. The third-order valence-corrected chi connectivity index (χ3v) is 5.88. The highest BCUT2D eigenvalue weighted by atomic mass is 35.5. The maximum Gasteiger partial charge on any atom is 0.317 e. The van der Waals surface area contributed by atoms with Gasteiger partial charge < -0.3 is 5.73 Å². The fourth-order valence-electron chi connectivity index (χ4n) is 2.91. The van der Waals surface area contributed by atoms with Gasteiger partial charge in [-0.05, 0) is 35.4 Å². The Morgan fingerprint density at radius 3 is 2.70 bits per heavy atom. The Labute approximate surface area is 184 Å². The molecule has 0 bridgehead atoms. The van der Waals surface area contributed by atoms with E-state index in [2.05, 4.69) is 30.3 Å². The monoisotopic (exact) mass is 455 g/mol. The first-order valence-corrected chi connectivity index (χ1v) is 9.93. The fourth-order valence-corrected chi connectivity index (χ4v) is 4.61. The number of benzene rings is 1. The van der Waals surface area contributed by atoms with Gasteiger partial charge in [-0.2, -0.15) is 5.10 Å². The number of halogens is 2. The average molecular weight is 456 g/mol. The van der Waals surface area contributed by atoms with Crippen LogP contribution in [0.2, 0.25) is 10.0 Å². The predicted octanol–water partition coefficient (Wildman–Crippen LogP) is 5.61. The number of aromatic nitrogens is 4. The van der Waals surface area contributed by atoms with Crippen LogP contribution in [0.1, 0.15) is 0 Å². The third kappa shape index (κ3) is 3.71. The molecule has 30 heavy (non-hydrogen) atoms. The molecule has 4 rings (SSSR count). The van der Waals surface area contributed by atoms with Crippen molar-refractivity contribution < 1.29 is 4.79 Å². The van der Waals surface area contributed by atoms with Crippen molar-refractivity contribution in [2.75, 3.05) is 5.32 Å². The lowest BCUT2D eigenvalue weighted by molar-refractivity contribution is 0.259. The Balaban J connectivity index is 1.98. The molecule has 0 aliphatic rings. The first kappa shape index (κ1) is 19.8. The van der Waals surface area contributed by atoms with E-state index in [9.17, 15) is 4.79 Å². The Kier molecular flexibility index (Phi) is 5.37. The molecule has 0 saturated carbocycles. The van der Waals surface area contributed by atoms with Crippen molar-refractivity contribution in [1.29, 1.82) is 0 Å².